The number of fused-ring (bicyclic) bond motifs is 9. The van der Waals surface area contributed by atoms with Gasteiger partial charge in [-0.2, -0.15) is 0 Å². The molecule has 0 fully saturated rings. The van der Waals surface area contributed by atoms with Gasteiger partial charge >= 0.3 is 0 Å². The molecule has 3 nitrogen and oxygen atoms in total. The molecule has 2 heterocycles. The summed E-state index contributed by atoms with van der Waals surface area (Å²) in [4.78, 5) is 0. The van der Waals surface area contributed by atoms with E-state index in [1.54, 1.807) is 13.8 Å². The second-order valence-corrected chi connectivity index (χ2v) is 15.5. The zero-order valence-corrected chi connectivity index (χ0v) is 30.3. The number of nitrogens with zero attached hydrogens (tertiary/aromatic N) is 1. The quantitative estimate of drug-likeness (QED) is 0.189. The summed E-state index contributed by atoms with van der Waals surface area (Å²) in [6.07, 6.45) is 0. The molecule has 8 aromatic rings. The fourth-order valence-corrected chi connectivity index (χ4v) is 8.72. The summed E-state index contributed by atoms with van der Waals surface area (Å²) in [7, 11) is 1.49. The number of para-hydroxylation sites is 1. The van der Waals surface area contributed by atoms with Crippen molar-refractivity contribution in [2.24, 2.45) is 0 Å². The van der Waals surface area contributed by atoms with Gasteiger partial charge in [0.05, 0.1) is 23.8 Å². The number of aryl methyl sites for hydroxylation is 1. The molecule has 2 aromatic heterocycles. The minimum atomic E-state index is -0.908. The number of methoxy groups -OCH3 is 1. The Morgan fingerprint density at radius 3 is 2.14 bits per heavy atom. The first-order valence-corrected chi connectivity index (χ1v) is 17.9. The Kier molecular flexibility index (Phi) is 7.52. The Morgan fingerprint density at radius 1 is 0.680 bits per heavy atom. The molecule has 6 aromatic carbocycles. The minimum Gasteiger partial charge on any atom is -0.499 e. The van der Waals surface area contributed by atoms with Crippen LogP contribution in [-0.4, -0.2) is 22.4 Å². The lowest BCUT2D eigenvalue weighted by Crippen LogP contribution is -2.21. The fourth-order valence-electron chi connectivity index (χ4n) is 7.64. The molecule has 1 aliphatic carbocycles. The number of benzene rings is 6. The molecular formula is C46H41NO2S. The maximum absolute atomic E-state index is 9.06. The van der Waals surface area contributed by atoms with Crippen molar-refractivity contribution >= 4 is 53.3 Å². The SMILES string of the molecule is C=C(OC)C(C)(C)O.Cc1ccc(-c2ccc3sc4ccccc4c3c2)c(-n2c3ccccc3c3cc4c(cc32)C(C)(C)c2ccccc2-4)c1. The number of rotatable bonds is 4. The van der Waals surface area contributed by atoms with E-state index in [0.717, 1.165) is 0 Å². The largest absolute Gasteiger partial charge is 0.499 e. The lowest BCUT2D eigenvalue weighted by molar-refractivity contribution is 0.0563. The number of hydrogen-bond acceptors (Lipinski definition) is 3. The Balaban J connectivity index is 0.000000406. The maximum Gasteiger partial charge on any atom is 0.119 e. The van der Waals surface area contributed by atoms with Gasteiger partial charge in [0.2, 0.25) is 0 Å². The van der Waals surface area contributed by atoms with Crippen molar-refractivity contribution in [3.8, 4) is 27.9 Å². The third-order valence-electron chi connectivity index (χ3n) is 10.4. The monoisotopic (exact) mass is 671 g/mol. The molecule has 0 saturated heterocycles. The van der Waals surface area contributed by atoms with Gasteiger partial charge in [-0.25, -0.2) is 0 Å². The van der Waals surface area contributed by atoms with Crippen molar-refractivity contribution in [2.45, 2.75) is 45.6 Å². The molecule has 9 rings (SSSR count). The predicted molar refractivity (Wildman–Crippen MR) is 214 cm³/mol. The van der Waals surface area contributed by atoms with Crippen molar-refractivity contribution in [3.05, 3.63) is 150 Å². The van der Waals surface area contributed by atoms with Crippen molar-refractivity contribution < 1.29 is 9.84 Å². The fraction of sp³-hybridized carbons (Fsp3) is 0.174. The summed E-state index contributed by atoms with van der Waals surface area (Å²) in [5.74, 6) is 0.387. The van der Waals surface area contributed by atoms with Crippen LogP contribution in [0.25, 0.3) is 69.9 Å². The highest BCUT2D eigenvalue weighted by Gasteiger charge is 2.36. The van der Waals surface area contributed by atoms with Gasteiger partial charge < -0.3 is 14.4 Å². The van der Waals surface area contributed by atoms with Crippen LogP contribution < -0.4 is 0 Å². The molecule has 1 N–H and O–H groups in total. The van der Waals surface area contributed by atoms with Crippen LogP contribution in [0.2, 0.25) is 0 Å². The smallest absolute Gasteiger partial charge is 0.119 e. The highest BCUT2D eigenvalue weighted by molar-refractivity contribution is 7.25. The third kappa shape index (κ3) is 5.05. The topological polar surface area (TPSA) is 34.4 Å². The molecule has 0 radical (unpaired) electrons. The van der Waals surface area contributed by atoms with Crippen molar-refractivity contribution in [1.29, 1.82) is 0 Å². The lowest BCUT2D eigenvalue weighted by atomic mass is 9.82. The second kappa shape index (κ2) is 11.7. The average Bonchev–Trinajstić information content (AvgIpc) is 3.72. The lowest BCUT2D eigenvalue weighted by Gasteiger charge is -2.22. The summed E-state index contributed by atoms with van der Waals surface area (Å²) in [5, 5.41) is 14.3. The van der Waals surface area contributed by atoms with Crippen molar-refractivity contribution in [1.82, 2.24) is 4.57 Å². The Labute approximate surface area is 297 Å². The summed E-state index contributed by atoms with van der Waals surface area (Å²) in [6, 6.07) is 45.5. The molecule has 0 unspecified atom stereocenters. The van der Waals surface area contributed by atoms with E-state index in [2.05, 4.69) is 158 Å². The molecular weight excluding hydrogens is 631 g/mol. The van der Waals surface area contributed by atoms with E-state index in [4.69, 9.17) is 5.11 Å². The van der Waals surface area contributed by atoms with E-state index in [1.807, 2.05) is 11.3 Å². The third-order valence-corrected chi connectivity index (χ3v) is 11.5. The molecule has 0 bridgehead atoms. The second-order valence-electron chi connectivity index (χ2n) is 14.5. The van der Waals surface area contributed by atoms with Gasteiger partial charge in [0.25, 0.3) is 0 Å². The number of hydrogen-bond donors (Lipinski definition) is 1. The molecule has 0 spiro atoms. The normalized spacial score (nSPS) is 13.3. The number of aliphatic hydroxyl groups is 1. The van der Waals surface area contributed by atoms with Gasteiger partial charge in [0.1, 0.15) is 11.4 Å². The Hall–Kier alpha value is -5.16. The Bertz CT molecular complexity index is 2630. The van der Waals surface area contributed by atoms with Gasteiger partial charge in [-0.1, -0.05) is 99.3 Å². The molecule has 4 heteroatoms. The van der Waals surface area contributed by atoms with E-state index in [-0.39, 0.29) is 5.41 Å². The van der Waals surface area contributed by atoms with Crippen LogP contribution in [0.4, 0.5) is 0 Å². The van der Waals surface area contributed by atoms with Gasteiger partial charge in [-0.3, -0.25) is 0 Å². The molecule has 0 saturated carbocycles. The van der Waals surface area contributed by atoms with Crippen LogP contribution in [0.1, 0.15) is 44.4 Å². The molecule has 0 aliphatic heterocycles. The van der Waals surface area contributed by atoms with Crippen LogP contribution in [0.5, 0.6) is 0 Å². The highest BCUT2D eigenvalue weighted by atomic mass is 32.1. The van der Waals surface area contributed by atoms with E-state index in [0.29, 0.717) is 5.76 Å². The van der Waals surface area contributed by atoms with Crippen LogP contribution in [0, 0.1) is 6.92 Å². The summed E-state index contributed by atoms with van der Waals surface area (Å²) < 4.78 is 9.86. The van der Waals surface area contributed by atoms with Gasteiger partial charge in [0, 0.05) is 41.9 Å². The first kappa shape index (κ1) is 32.1. The first-order valence-electron chi connectivity index (χ1n) is 17.1. The summed E-state index contributed by atoms with van der Waals surface area (Å²) >= 11 is 1.87. The standard InChI is InChI=1S/C40H29NS.C6H12O2/c1-24-16-18-26(25-17-19-39-32(21-25)29-12-6-9-15-38(29)42-39)36(20-24)41-35-14-8-5-11-28(35)31-22-30-27-10-4-7-13-33(27)40(2,3)34(30)23-37(31)41;1-5(8-4)6(2,3)7/h4-23H,1-3H3;7H,1H2,2-4H3. The molecule has 248 valence electrons. The molecule has 0 atom stereocenters. The van der Waals surface area contributed by atoms with Gasteiger partial charge in [-0.05, 0) is 96.6 Å². The van der Waals surface area contributed by atoms with Gasteiger partial charge in [0.15, 0.2) is 0 Å². The van der Waals surface area contributed by atoms with E-state index >= 15 is 0 Å². The van der Waals surface area contributed by atoms with Crippen LogP contribution in [-0.2, 0) is 10.2 Å². The van der Waals surface area contributed by atoms with E-state index in [1.165, 1.54) is 93.7 Å². The average molecular weight is 672 g/mol. The number of aromatic nitrogens is 1. The Morgan fingerprint density at radius 2 is 1.38 bits per heavy atom. The van der Waals surface area contributed by atoms with E-state index < -0.39 is 5.60 Å². The molecule has 1 aliphatic rings. The number of ether oxygens (including phenoxy) is 1. The number of thiophene rings is 1. The minimum absolute atomic E-state index is 0.0537. The van der Waals surface area contributed by atoms with E-state index in [9.17, 15) is 0 Å². The summed E-state index contributed by atoms with van der Waals surface area (Å²) in [5.41, 5.74) is 12.1. The van der Waals surface area contributed by atoms with Crippen LogP contribution in [0.3, 0.4) is 0 Å². The van der Waals surface area contributed by atoms with Crippen molar-refractivity contribution in [3.63, 3.8) is 0 Å². The maximum atomic E-state index is 9.06. The predicted octanol–water partition coefficient (Wildman–Crippen LogP) is 12.4. The van der Waals surface area contributed by atoms with Gasteiger partial charge in [-0.15, -0.1) is 11.3 Å². The van der Waals surface area contributed by atoms with Crippen LogP contribution >= 0.6 is 11.3 Å². The van der Waals surface area contributed by atoms with Crippen LogP contribution in [0.15, 0.2) is 134 Å². The zero-order chi connectivity index (χ0) is 34.9. The molecule has 0 amide bonds. The molecule has 50 heavy (non-hydrogen) atoms. The van der Waals surface area contributed by atoms with Crippen molar-refractivity contribution in [2.75, 3.05) is 7.11 Å². The zero-order valence-electron chi connectivity index (χ0n) is 29.5. The first-order chi connectivity index (χ1) is 24.0. The highest BCUT2D eigenvalue weighted by Crippen LogP contribution is 2.51. The summed E-state index contributed by atoms with van der Waals surface area (Å²) in [6.45, 7) is 13.7.